The molecule has 0 bridgehead atoms. The van der Waals surface area contributed by atoms with Crippen LogP contribution in [-0.2, 0) is 0 Å². The Hall–Kier alpha value is 3.27. The molecule has 0 radical (unpaired) electrons. The largest absolute Gasteiger partial charge is 0.316 e. The Bertz CT molecular complexity index is 8.00. The minimum atomic E-state index is 0. The molecular formula is H6AlCeLiMg. The molecule has 16 valence electrons. The maximum Gasteiger partial charge on any atom is 0.316 e. The molecule has 0 aromatic carbocycles. The zero-order valence-electron chi connectivity index (χ0n) is 0.500. The van der Waals surface area contributed by atoms with Crippen LogP contribution in [0.3, 0.4) is 0 Å². The zero-order chi connectivity index (χ0) is 0. The van der Waals surface area contributed by atoms with Gasteiger partial charge in [0.25, 0.3) is 0 Å². The summed E-state index contributed by atoms with van der Waals surface area (Å²) in [6, 6.07) is 0. The van der Waals surface area contributed by atoms with E-state index in [9.17, 15) is 0 Å². The number of hydrogen-bond acceptors (Lipinski definition) is 0. The van der Waals surface area contributed by atoms with E-state index in [1.54, 1.807) is 0 Å². The van der Waals surface area contributed by atoms with Gasteiger partial charge < -0.3 is 0 Å². The predicted octanol–water partition coefficient (Wildman–Crippen LogP) is -2.75. The summed E-state index contributed by atoms with van der Waals surface area (Å²) in [5, 5.41) is 0. The quantitative estimate of drug-likeness (QED) is 0.375. The molecule has 0 aromatic rings. The molecule has 0 unspecified atom stereocenters. The minimum absolute atomic E-state index is 0. The van der Waals surface area contributed by atoms with Crippen LogP contribution in [0.25, 0.3) is 0 Å². The minimum Gasteiger partial charge on any atom is 0.316 e. The zero-order valence-corrected chi connectivity index (χ0v) is 3.64. The molecule has 0 saturated carbocycles. The molecule has 0 rings (SSSR count). The van der Waals surface area contributed by atoms with E-state index in [0.29, 0.717) is 0 Å². The first-order valence-corrected chi connectivity index (χ1v) is 0. The van der Waals surface area contributed by atoms with Crippen molar-refractivity contribution in [1.29, 1.82) is 0 Å². The van der Waals surface area contributed by atoms with Gasteiger partial charge in [-0.1, -0.05) is 0 Å². The van der Waals surface area contributed by atoms with Crippen LogP contribution in [-0.4, -0.2) is 59.3 Å². The van der Waals surface area contributed by atoms with Crippen molar-refractivity contribution in [2.75, 3.05) is 0 Å². The van der Waals surface area contributed by atoms with Gasteiger partial charge in [-0.15, -0.1) is 0 Å². The van der Waals surface area contributed by atoms with Crippen molar-refractivity contribution in [3.8, 4) is 0 Å². The molecule has 0 atom stereocenters. The van der Waals surface area contributed by atoms with Crippen LogP contribution in [0.15, 0.2) is 0 Å². The second kappa shape index (κ2) is 16.3. The van der Waals surface area contributed by atoms with E-state index in [4.69, 9.17) is 0 Å². The molecule has 0 heterocycles. The van der Waals surface area contributed by atoms with Crippen molar-refractivity contribution < 1.29 is 41.7 Å². The molecule has 0 nitrogen and oxygen atoms in total. The van der Waals surface area contributed by atoms with Crippen LogP contribution < -0.4 is 0 Å². The Morgan fingerprint density at radius 1 is 1.00 bits per heavy atom. The Balaban J connectivity index is 0. The van der Waals surface area contributed by atoms with E-state index in [-0.39, 0.29) is 101 Å². The third-order valence-corrected chi connectivity index (χ3v) is 0. The monoisotopic (exact) mass is 204 g/mol. The van der Waals surface area contributed by atoms with Gasteiger partial charge in [-0.05, 0) is 0 Å². The fourth-order valence-electron chi connectivity index (χ4n) is 0. The average molecular weight is 204 g/mol. The van der Waals surface area contributed by atoms with E-state index in [1.165, 1.54) is 0 Å². The number of rotatable bonds is 0. The molecule has 0 aromatic heterocycles. The Morgan fingerprint density at radius 2 is 1.00 bits per heavy atom. The molecule has 0 saturated heterocycles. The molecule has 0 N–H and O–H groups in total. The summed E-state index contributed by atoms with van der Waals surface area (Å²) >= 11 is 0. The van der Waals surface area contributed by atoms with Crippen molar-refractivity contribution >= 4 is 59.3 Å². The van der Waals surface area contributed by atoms with Gasteiger partial charge in [-0.3, -0.25) is 0 Å². The van der Waals surface area contributed by atoms with Crippen molar-refractivity contribution in [1.82, 2.24) is 0 Å². The van der Waals surface area contributed by atoms with Crippen molar-refractivity contribution in [3.05, 3.63) is 0 Å². The smallest absolute Gasteiger partial charge is 0.316 e. The molecule has 0 amide bonds. The summed E-state index contributed by atoms with van der Waals surface area (Å²) < 4.78 is 0. The topological polar surface area (TPSA) is 0 Å². The van der Waals surface area contributed by atoms with Gasteiger partial charge in [0.15, 0.2) is 17.4 Å². The third-order valence-electron chi connectivity index (χ3n) is 0. The van der Waals surface area contributed by atoms with Gasteiger partial charge in [0, 0.05) is 41.7 Å². The van der Waals surface area contributed by atoms with Crippen molar-refractivity contribution in [2.45, 2.75) is 0 Å². The van der Waals surface area contributed by atoms with Gasteiger partial charge in [0.2, 0.25) is 0 Å². The first kappa shape index (κ1) is 26.7. The average Bonchev–Trinajstić information content (AvgIpc) is 0. The van der Waals surface area contributed by atoms with Gasteiger partial charge in [0.05, 0.1) is 0 Å². The first-order valence-electron chi connectivity index (χ1n) is 0. The molecule has 4 heteroatoms. The van der Waals surface area contributed by atoms with Gasteiger partial charge in [-0.2, -0.15) is 0 Å². The summed E-state index contributed by atoms with van der Waals surface area (Å²) in [7, 11) is 0. The predicted molar refractivity (Wildman–Crippen MR) is 25.6 cm³/mol. The van der Waals surface area contributed by atoms with E-state index < -0.39 is 0 Å². The van der Waals surface area contributed by atoms with Crippen LogP contribution in [0.4, 0.5) is 0 Å². The molecule has 0 aliphatic heterocycles. The Morgan fingerprint density at radius 3 is 1.00 bits per heavy atom. The third kappa shape index (κ3) is 8.99. The van der Waals surface area contributed by atoms with Crippen molar-refractivity contribution in [2.24, 2.45) is 0 Å². The Labute approximate surface area is 98.7 Å². The van der Waals surface area contributed by atoms with Crippen LogP contribution in [0.1, 0.15) is 0 Å². The maximum atomic E-state index is 0. The maximum absolute atomic E-state index is 0. The van der Waals surface area contributed by atoms with E-state index in [1.807, 2.05) is 0 Å². The van der Waals surface area contributed by atoms with Crippen LogP contribution in [0.5, 0.6) is 0 Å². The van der Waals surface area contributed by atoms with Gasteiger partial charge in [0.1, 0.15) is 0 Å². The second-order valence-corrected chi connectivity index (χ2v) is 0. The van der Waals surface area contributed by atoms with E-state index >= 15 is 0 Å². The van der Waals surface area contributed by atoms with Gasteiger partial charge >= 0.3 is 41.9 Å². The molecular weight excluding hydrogens is 198 g/mol. The van der Waals surface area contributed by atoms with Crippen molar-refractivity contribution in [3.63, 3.8) is 0 Å². The molecule has 0 spiro atoms. The van der Waals surface area contributed by atoms with Crippen LogP contribution in [0, 0.1) is 41.7 Å². The fourth-order valence-corrected chi connectivity index (χ4v) is 0. The molecule has 4 heavy (non-hydrogen) atoms. The van der Waals surface area contributed by atoms with Crippen LogP contribution >= 0.6 is 0 Å². The molecule has 0 aliphatic rings. The summed E-state index contributed by atoms with van der Waals surface area (Å²) in [5.74, 6) is 0. The standard InChI is InChI=1S/Al.Ce.Li.Mg.6H. The first-order chi connectivity index (χ1) is 0. The summed E-state index contributed by atoms with van der Waals surface area (Å²) in [6.45, 7) is 0. The summed E-state index contributed by atoms with van der Waals surface area (Å²) in [4.78, 5) is 0. The number of hydrogen-bond donors (Lipinski definition) is 0. The fraction of sp³-hybridized carbons (Fsp3) is 0. The summed E-state index contributed by atoms with van der Waals surface area (Å²) in [6.07, 6.45) is 0. The van der Waals surface area contributed by atoms with Gasteiger partial charge in [-0.25, -0.2) is 0 Å². The Kier molecular flexibility index (Phi) is 109. The van der Waals surface area contributed by atoms with E-state index in [2.05, 4.69) is 0 Å². The summed E-state index contributed by atoms with van der Waals surface area (Å²) in [5.41, 5.74) is 0. The molecule has 0 fully saturated rings. The normalized spacial score (nSPS) is 0. The second-order valence-electron chi connectivity index (χ2n) is 0. The van der Waals surface area contributed by atoms with E-state index in [0.717, 1.165) is 0 Å². The van der Waals surface area contributed by atoms with Crippen LogP contribution in [0.2, 0.25) is 0 Å². The molecule has 0 aliphatic carbocycles. The SMILES string of the molecule is [AlH3].[Ce].[LiH].[MgH2].